The topological polar surface area (TPSA) is 24.1 Å². The van der Waals surface area contributed by atoms with Crippen LogP contribution in [0.4, 0.5) is 5.69 Å². The Balaban J connectivity index is 2.18. The number of nitrogens with one attached hydrogen (secondary N) is 2. The Morgan fingerprint density at radius 3 is 3.00 bits per heavy atom. The van der Waals surface area contributed by atoms with Crippen molar-refractivity contribution in [1.82, 2.24) is 5.32 Å². The molecule has 3 rings (SSSR count). The average Bonchev–Trinajstić information content (AvgIpc) is 2.65. The molecule has 2 aliphatic heterocycles. The predicted molar refractivity (Wildman–Crippen MR) is 54.5 cm³/mol. The Bertz CT molecular complexity index is 379. The first-order chi connectivity index (χ1) is 6.45. The Morgan fingerprint density at radius 1 is 1.08 bits per heavy atom. The highest BCUT2D eigenvalue weighted by Gasteiger charge is 2.21. The summed E-state index contributed by atoms with van der Waals surface area (Å²) in [6.45, 7) is 2.06. The lowest BCUT2D eigenvalue weighted by atomic mass is 9.98. The first-order valence-corrected chi connectivity index (χ1v) is 4.74. The van der Waals surface area contributed by atoms with E-state index in [1.165, 1.54) is 28.9 Å². The lowest BCUT2D eigenvalue weighted by Crippen LogP contribution is -2.19. The van der Waals surface area contributed by atoms with E-state index in [4.69, 9.17) is 0 Å². The fraction of sp³-hybridized carbons (Fsp3) is 0.273. The molecule has 1 aromatic carbocycles. The quantitative estimate of drug-likeness (QED) is 0.623. The van der Waals surface area contributed by atoms with Crippen molar-refractivity contribution in [2.24, 2.45) is 0 Å². The Hall–Kier alpha value is -1.44. The van der Waals surface area contributed by atoms with Crippen molar-refractivity contribution in [3.8, 4) is 0 Å². The number of anilines is 1. The normalized spacial score (nSPS) is 18.8. The molecule has 0 spiro atoms. The van der Waals surface area contributed by atoms with Gasteiger partial charge in [-0.25, -0.2) is 0 Å². The minimum absolute atomic E-state index is 0.965. The van der Waals surface area contributed by atoms with E-state index in [1.54, 1.807) is 0 Å². The molecule has 13 heavy (non-hydrogen) atoms. The van der Waals surface area contributed by atoms with Crippen molar-refractivity contribution in [1.29, 1.82) is 0 Å². The summed E-state index contributed by atoms with van der Waals surface area (Å²) in [5.74, 6) is 0. The van der Waals surface area contributed by atoms with Gasteiger partial charge in [0.25, 0.3) is 0 Å². The van der Waals surface area contributed by atoms with Crippen LogP contribution in [0.25, 0.3) is 5.57 Å². The van der Waals surface area contributed by atoms with Gasteiger partial charge in [0.2, 0.25) is 0 Å². The van der Waals surface area contributed by atoms with E-state index in [0.29, 0.717) is 0 Å². The molecule has 2 heteroatoms. The van der Waals surface area contributed by atoms with E-state index >= 15 is 0 Å². The minimum atomic E-state index is 0.965. The molecular weight excluding hydrogens is 160 g/mol. The monoisotopic (exact) mass is 172 g/mol. The molecule has 2 nitrogen and oxygen atoms in total. The van der Waals surface area contributed by atoms with E-state index in [-0.39, 0.29) is 0 Å². The summed E-state index contributed by atoms with van der Waals surface area (Å²) in [5.41, 5.74) is 5.56. The third kappa shape index (κ3) is 0.949. The Morgan fingerprint density at radius 2 is 2.00 bits per heavy atom. The van der Waals surface area contributed by atoms with E-state index < -0.39 is 0 Å². The largest absolute Gasteiger partial charge is 0.386 e. The lowest BCUT2D eigenvalue weighted by molar-refractivity contribution is 0.863. The molecule has 2 aliphatic rings. The molecule has 0 radical (unpaired) electrons. The Labute approximate surface area is 77.7 Å². The third-order valence-corrected chi connectivity index (χ3v) is 2.79. The van der Waals surface area contributed by atoms with E-state index in [1.807, 2.05) is 0 Å². The highest BCUT2D eigenvalue weighted by atomic mass is 15.0. The van der Waals surface area contributed by atoms with Crippen LogP contribution in [0.2, 0.25) is 0 Å². The van der Waals surface area contributed by atoms with Crippen LogP contribution in [0.3, 0.4) is 0 Å². The second-order valence-corrected chi connectivity index (χ2v) is 3.53. The maximum absolute atomic E-state index is 3.42. The van der Waals surface area contributed by atoms with Gasteiger partial charge in [-0.2, -0.15) is 0 Å². The van der Waals surface area contributed by atoms with Crippen molar-refractivity contribution in [3.63, 3.8) is 0 Å². The van der Waals surface area contributed by atoms with Crippen LogP contribution < -0.4 is 10.6 Å². The molecule has 0 amide bonds. The molecule has 0 bridgehead atoms. The second kappa shape index (κ2) is 2.52. The number of benzene rings is 1. The molecule has 0 fully saturated rings. The maximum Gasteiger partial charge on any atom is 0.0551 e. The van der Waals surface area contributed by atoms with Crippen LogP contribution in [0.15, 0.2) is 30.0 Å². The van der Waals surface area contributed by atoms with Crippen molar-refractivity contribution in [3.05, 3.63) is 35.5 Å². The summed E-state index contributed by atoms with van der Waals surface area (Å²) in [6, 6.07) is 8.54. The summed E-state index contributed by atoms with van der Waals surface area (Å²) in [6.07, 6.45) is 1.17. The smallest absolute Gasteiger partial charge is 0.0551 e. The molecule has 0 aromatic heterocycles. The van der Waals surface area contributed by atoms with Gasteiger partial charge in [0, 0.05) is 23.5 Å². The molecule has 0 saturated heterocycles. The predicted octanol–water partition coefficient (Wildman–Crippen LogP) is 1.82. The Kier molecular flexibility index (Phi) is 1.36. The van der Waals surface area contributed by atoms with Gasteiger partial charge in [0.05, 0.1) is 6.54 Å². The molecule has 1 aromatic rings. The van der Waals surface area contributed by atoms with Crippen molar-refractivity contribution < 1.29 is 0 Å². The van der Waals surface area contributed by atoms with Crippen LogP contribution >= 0.6 is 0 Å². The van der Waals surface area contributed by atoms with Crippen LogP contribution in [0.1, 0.15) is 12.0 Å². The summed E-state index contributed by atoms with van der Waals surface area (Å²) in [7, 11) is 0. The van der Waals surface area contributed by atoms with Gasteiger partial charge in [0.1, 0.15) is 0 Å². The zero-order valence-electron chi connectivity index (χ0n) is 7.43. The fourth-order valence-electron chi connectivity index (χ4n) is 2.15. The standard InChI is InChI=1S/C11H12N2/c1-2-4-10-8(3-1)9-5-6-12-11(9)7-13-10/h1-4,12-13H,5-7H2. The molecule has 66 valence electrons. The molecule has 0 unspecified atom stereocenters. The van der Waals surface area contributed by atoms with E-state index in [2.05, 4.69) is 34.9 Å². The van der Waals surface area contributed by atoms with E-state index in [9.17, 15) is 0 Å². The number of hydrogen-bond acceptors (Lipinski definition) is 2. The molecule has 0 atom stereocenters. The maximum atomic E-state index is 3.42. The van der Waals surface area contributed by atoms with Crippen LogP contribution in [0, 0.1) is 0 Å². The van der Waals surface area contributed by atoms with Gasteiger partial charge in [-0.3, -0.25) is 0 Å². The van der Waals surface area contributed by atoms with Crippen LogP contribution in [-0.4, -0.2) is 13.1 Å². The van der Waals surface area contributed by atoms with Gasteiger partial charge in [-0.1, -0.05) is 18.2 Å². The van der Waals surface area contributed by atoms with Crippen molar-refractivity contribution in [2.75, 3.05) is 18.4 Å². The zero-order chi connectivity index (χ0) is 8.67. The number of para-hydroxylation sites is 1. The highest BCUT2D eigenvalue weighted by Crippen LogP contribution is 2.34. The van der Waals surface area contributed by atoms with Crippen molar-refractivity contribution in [2.45, 2.75) is 6.42 Å². The summed E-state index contributed by atoms with van der Waals surface area (Å²) >= 11 is 0. The third-order valence-electron chi connectivity index (χ3n) is 2.79. The molecule has 2 heterocycles. The minimum Gasteiger partial charge on any atom is -0.386 e. The highest BCUT2D eigenvalue weighted by molar-refractivity contribution is 5.82. The lowest BCUT2D eigenvalue weighted by Gasteiger charge is -2.19. The summed E-state index contributed by atoms with van der Waals surface area (Å²) < 4.78 is 0. The zero-order valence-corrected chi connectivity index (χ0v) is 7.43. The molecular formula is C11H12N2. The number of fused-ring (bicyclic) bond motifs is 2. The van der Waals surface area contributed by atoms with Gasteiger partial charge in [0.15, 0.2) is 0 Å². The van der Waals surface area contributed by atoms with Gasteiger partial charge < -0.3 is 10.6 Å². The van der Waals surface area contributed by atoms with Crippen LogP contribution in [0.5, 0.6) is 0 Å². The second-order valence-electron chi connectivity index (χ2n) is 3.53. The SMILES string of the molecule is c1ccc2c(c1)NCC1=C2CCN1. The van der Waals surface area contributed by atoms with Gasteiger partial charge in [-0.15, -0.1) is 0 Å². The molecule has 0 saturated carbocycles. The summed E-state index contributed by atoms with van der Waals surface area (Å²) in [4.78, 5) is 0. The number of hydrogen-bond donors (Lipinski definition) is 2. The fourth-order valence-corrected chi connectivity index (χ4v) is 2.15. The van der Waals surface area contributed by atoms with Crippen LogP contribution in [-0.2, 0) is 0 Å². The molecule has 2 N–H and O–H groups in total. The first-order valence-electron chi connectivity index (χ1n) is 4.74. The van der Waals surface area contributed by atoms with Crippen molar-refractivity contribution >= 4 is 11.3 Å². The van der Waals surface area contributed by atoms with E-state index in [0.717, 1.165) is 13.1 Å². The summed E-state index contributed by atoms with van der Waals surface area (Å²) in [5, 5.41) is 6.83. The average molecular weight is 172 g/mol. The molecule has 0 aliphatic carbocycles. The first kappa shape index (κ1) is 7.01. The number of rotatable bonds is 0. The van der Waals surface area contributed by atoms with Gasteiger partial charge >= 0.3 is 0 Å². The van der Waals surface area contributed by atoms with Gasteiger partial charge in [-0.05, 0) is 18.1 Å².